The van der Waals surface area contributed by atoms with Crippen LogP contribution in [0.25, 0.3) is 5.65 Å². The summed E-state index contributed by atoms with van der Waals surface area (Å²) >= 11 is 0. The monoisotopic (exact) mass is 406 g/mol. The number of carbonyl (C=O) groups is 1. The molecule has 1 fully saturated rings. The van der Waals surface area contributed by atoms with Crippen molar-refractivity contribution in [2.75, 3.05) is 32.8 Å². The van der Waals surface area contributed by atoms with Crippen molar-refractivity contribution in [1.29, 1.82) is 0 Å². The van der Waals surface area contributed by atoms with Gasteiger partial charge in [-0.25, -0.2) is 4.98 Å². The Hall–Kier alpha value is -3.03. The first kappa shape index (κ1) is 20.3. The summed E-state index contributed by atoms with van der Waals surface area (Å²) in [6.07, 6.45) is 3.01. The summed E-state index contributed by atoms with van der Waals surface area (Å²) < 4.78 is 6.90. The molecule has 3 heterocycles. The molecule has 1 N–H and O–H groups in total. The summed E-state index contributed by atoms with van der Waals surface area (Å²) in [5.41, 5.74) is 3.45. The third kappa shape index (κ3) is 4.13. The standard InChI is InChI=1S/C23H26N4O3/c1-16-5-7-18(8-6-16)20(26-10-12-30-13-11-26)15-25-22(28)19-14-24-21-17(2)4-3-9-27(21)23(19)29/h3-9,14,20H,10-13,15H2,1-2H3,(H,25,28)/t20-/m1/s1. The van der Waals surface area contributed by atoms with Gasteiger partial charge in [0.05, 0.1) is 19.3 Å². The van der Waals surface area contributed by atoms with E-state index in [4.69, 9.17) is 4.74 Å². The summed E-state index contributed by atoms with van der Waals surface area (Å²) in [4.78, 5) is 32.3. The maximum absolute atomic E-state index is 12.9. The number of aromatic nitrogens is 2. The molecule has 1 atom stereocenters. The highest BCUT2D eigenvalue weighted by Gasteiger charge is 2.24. The zero-order chi connectivity index (χ0) is 21.1. The van der Waals surface area contributed by atoms with Crippen LogP contribution in [0.4, 0.5) is 0 Å². The van der Waals surface area contributed by atoms with Crippen LogP contribution in [0.15, 0.2) is 53.6 Å². The van der Waals surface area contributed by atoms with Gasteiger partial charge in [0.1, 0.15) is 11.2 Å². The first-order valence-corrected chi connectivity index (χ1v) is 10.2. The fourth-order valence-corrected chi connectivity index (χ4v) is 3.82. The number of fused-ring (bicyclic) bond motifs is 1. The molecule has 3 aromatic rings. The minimum Gasteiger partial charge on any atom is -0.379 e. The van der Waals surface area contributed by atoms with Crippen molar-refractivity contribution < 1.29 is 9.53 Å². The van der Waals surface area contributed by atoms with Crippen LogP contribution in [-0.4, -0.2) is 53.0 Å². The number of pyridine rings is 1. The van der Waals surface area contributed by atoms with Gasteiger partial charge in [-0.1, -0.05) is 35.9 Å². The molecule has 30 heavy (non-hydrogen) atoms. The van der Waals surface area contributed by atoms with Crippen molar-refractivity contribution in [1.82, 2.24) is 19.6 Å². The number of benzene rings is 1. The maximum atomic E-state index is 12.9. The lowest BCUT2D eigenvalue weighted by Crippen LogP contribution is -2.44. The van der Waals surface area contributed by atoms with Gasteiger partial charge in [0, 0.05) is 32.0 Å². The van der Waals surface area contributed by atoms with Gasteiger partial charge >= 0.3 is 0 Å². The smallest absolute Gasteiger partial charge is 0.270 e. The number of hydrogen-bond acceptors (Lipinski definition) is 5. The summed E-state index contributed by atoms with van der Waals surface area (Å²) in [6, 6.07) is 12.0. The Labute approximate surface area is 175 Å². The average molecular weight is 406 g/mol. The molecule has 0 spiro atoms. The molecule has 0 saturated carbocycles. The van der Waals surface area contributed by atoms with Crippen molar-refractivity contribution in [3.05, 3.63) is 81.4 Å². The zero-order valence-corrected chi connectivity index (χ0v) is 17.3. The van der Waals surface area contributed by atoms with Gasteiger partial charge in [0.2, 0.25) is 0 Å². The Morgan fingerprint density at radius 1 is 1.17 bits per heavy atom. The number of morpholine rings is 1. The second-order valence-electron chi connectivity index (χ2n) is 7.65. The number of amides is 1. The SMILES string of the molecule is Cc1ccc([C@@H](CNC(=O)c2cnc3c(C)cccn3c2=O)N2CCOCC2)cc1. The Bertz CT molecular complexity index is 1100. The summed E-state index contributed by atoms with van der Waals surface area (Å²) in [6.45, 7) is 7.28. The third-order valence-corrected chi connectivity index (χ3v) is 5.58. The first-order chi connectivity index (χ1) is 14.5. The molecule has 0 aliphatic carbocycles. The van der Waals surface area contributed by atoms with Gasteiger partial charge in [-0.3, -0.25) is 18.9 Å². The van der Waals surface area contributed by atoms with Crippen molar-refractivity contribution in [2.24, 2.45) is 0 Å². The molecule has 1 amide bonds. The Kier molecular flexibility index (Phi) is 5.92. The van der Waals surface area contributed by atoms with E-state index in [9.17, 15) is 9.59 Å². The number of carbonyl (C=O) groups excluding carboxylic acids is 1. The average Bonchev–Trinajstić information content (AvgIpc) is 2.76. The molecular formula is C23H26N4O3. The number of nitrogens with zero attached hydrogens (tertiary/aromatic N) is 3. The largest absolute Gasteiger partial charge is 0.379 e. The van der Waals surface area contributed by atoms with Crippen LogP contribution in [0.2, 0.25) is 0 Å². The zero-order valence-electron chi connectivity index (χ0n) is 17.3. The second-order valence-corrected chi connectivity index (χ2v) is 7.65. The van der Waals surface area contributed by atoms with Gasteiger partial charge in [0.25, 0.3) is 11.5 Å². The van der Waals surface area contributed by atoms with Crippen LogP contribution in [-0.2, 0) is 4.74 Å². The third-order valence-electron chi connectivity index (χ3n) is 5.58. The minimum absolute atomic E-state index is 0.0110. The van der Waals surface area contributed by atoms with Gasteiger partial charge in [-0.05, 0) is 31.0 Å². The second kappa shape index (κ2) is 8.77. The number of nitrogens with one attached hydrogen (secondary N) is 1. The highest BCUT2D eigenvalue weighted by atomic mass is 16.5. The molecule has 0 radical (unpaired) electrons. The molecule has 4 rings (SSSR count). The molecular weight excluding hydrogens is 380 g/mol. The molecule has 7 heteroatoms. The lowest BCUT2D eigenvalue weighted by Gasteiger charge is -2.35. The summed E-state index contributed by atoms with van der Waals surface area (Å²) in [5, 5.41) is 2.95. The van der Waals surface area contributed by atoms with Crippen LogP contribution < -0.4 is 10.9 Å². The van der Waals surface area contributed by atoms with E-state index in [1.54, 1.807) is 12.3 Å². The van der Waals surface area contributed by atoms with Crippen LogP contribution in [0, 0.1) is 13.8 Å². The number of ether oxygens (including phenoxy) is 1. The quantitative estimate of drug-likeness (QED) is 0.702. The molecule has 1 aliphatic heterocycles. The Balaban J connectivity index is 1.56. The minimum atomic E-state index is -0.409. The number of aryl methyl sites for hydroxylation is 2. The van der Waals surface area contributed by atoms with E-state index in [0.717, 1.165) is 24.2 Å². The first-order valence-electron chi connectivity index (χ1n) is 10.2. The van der Waals surface area contributed by atoms with Gasteiger partial charge in [0.15, 0.2) is 0 Å². The van der Waals surface area contributed by atoms with Crippen LogP contribution in [0.1, 0.15) is 33.1 Å². The normalized spacial score (nSPS) is 15.8. The molecule has 0 bridgehead atoms. The van der Waals surface area contributed by atoms with Crippen molar-refractivity contribution in [3.63, 3.8) is 0 Å². The van der Waals surface area contributed by atoms with Crippen LogP contribution in [0.5, 0.6) is 0 Å². The van der Waals surface area contributed by atoms with E-state index >= 15 is 0 Å². The van der Waals surface area contributed by atoms with Crippen molar-refractivity contribution in [2.45, 2.75) is 19.9 Å². The van der Waals surface area contributed by atoms with E-state index in [1.807, 2.05) is 13.0 Å². The van der Waals surface area contributed by atoms with Gasteiger partial charge < -0.3 is 10.1 Å². The molecule has 2 aromatic heterocycles. The van der Waals surface area contributed by atoms with Crippen LogP contribution >= 0.6 is 0 Å². The lowest BCUT2D eigenvalue weighted by molar-refractivity contribution is 0.0162. The van der Waals surface area contributed by atoms with E-state index in [0.29, 0.717) is 25.4 Å². The van der Waals surface area contributed by atoms with Gasteiger partial charge in [-0.15, -0.1) is 0 Å². The van der Waals surface area contributed by atoms with Crippen molar-refractivity contribution in [3.8, 4) is 0 Å². The lowest BCUT2D eigenvalue weighted by atomic mass is 10.0. The molecule has 1 saturated heterocycles. The molecule has 1 aromatic carbocycles. The molecule has 156 valence electrons. The Morgan fingerprint density at radius 3 is 2.63 bits per heavy atom. The van der Waals surface area contributed by atoms with Gasteiger partial charge in [-0.2, -0.15) is 0 Å². The van der Waals surface area contributed by atoms with E-state index in [2.05, 4.69) is 46.4 Å². The highest BCUT2D eigenvalue weighted by Crippen LogP contribution is 2.22. The molecule has 0 unspecified atom stereocenters. The predicted molar refractivity (Wildman–Crippen MR) is 115 cm³/mol. The van der Waals surface area contributed by atoms with Crippen molar-refractivity contribution >= 4 is 11.6 Å². The number of hydrogen-bond donors (Lipinski definition) is 1. The fourth-order valence-electron chi connectivity index (χ4n) is 3.82. The summed E-state index contributed by atoms with van der Waals surface area (Å²) in [7, 11) is 0. The summed E-state index contributed by atoms with van der Waals surface area (Å²) in [5.74, 6) is -0.409. The topological polar surface area (TPSA) is 75.9 Å². The van der Waals surface area contributed by atoms with E-state index in [-0.39, 0.29) is 17.2 Å². The highest BCUT2D eigenvalue weighted by molar-refractivity contribution is 5.93. The number of rotatable bonds is 5. The predicted octanol–water partition coefficient (Wildman–Crippen LogP) is 2.11. The van der Waals surface area contributed by atoms with Crippen LogP contribution in [0.3, 0.4) is 0 Å². The Morgan fingerprint density at radius 2 is 1.90 bits per heavy atom. The van der Waals surface area contributed by atoms with E-state index < -0.39 is 5.91 Å². The molecule has 7 nitrogen and oxygen atoms in total. The molecule has 1 aliphatic rings. The van der Waals surface area contributed by atoms with E-state index in [1.165, 1.54) is 16.2 Å². The fraction of sp³-hybridized carbons (Fsp3) is 0.348. The maximum Gasteiger partial charge on any atom is 0.270 e.